The van der Waals surface area contributed by atoms with Crippen molar-refractivity contribution in [1.29, 1.82) is 0 Å². The van der Waals surface area contributed by atoms with Gasteiger partial charge in [0.15, 0.2) is 0 Å². The van der Waals surface area contributed by atoms with Crippen LogP contribution in [0.1, 0.15) is 118 Å². The largest absolute Gasteiger partial charge is 0.379 e. The molecular formula is C59H99N9O13. The Morgan fingerprint density at radius 2 is 1.51 bits per heavy atom. The molecule has 0 spiro atoms. The molecule has 2 fully saturated rings. The summed E-state index contributed by atoms with van der Waals surface area (Å²) in [5.41, 5.74) is 6.95. The van der Waals surface area contributed by atoms with Gasteiger partial charge in [-0.15, -0.1) is 0 Å². The zero-order valence-corrected chi connectivity index (χ0v) is 50.5. The molecule has 22 heteroatoms. The summed E-state index contributed by atoms with van der Waals surface area (Å²) in [7, 11) is 6.66. The van der Waals surface area contributed by atoms with E-state index in [1.54, 1.807) is 38.0 Å². The molecule has 1 aromatic carbocycles. The van der Waals surface area contributed by atoms with Gasteiger partial charge in [0.2, 0.25) is 35.4 Å². The highest BCUT2D eigenvalue weighted by Gasteiger charge is 2.44. The quantitative estimate of drug-likeness (QED) is 0.0596. The predicted octanol–water partition coefficient (Wildman–Crippen LogP) is 3.98. The molecular weight excluding hydrogens is 1040 g/mol. The number of aromatic nitrogens is 1. The maximum absolute atomic E-state index is 14.7. The normalized spacial score (nSPS) is 17.8. The van der Waals surface area contributed by atoms with Gasteiger partial charge in [0.25, 0.3) is 5.91 Å². The highest BCUT2D eigenvalue weighted by atomic mass is 16.7. The van der Waals surface area contributed by atoms with Gasteiger partial charge in [-0.1, -0.05) is 73.1 Å². The minimum atomic E-state index is -0.917. The fourth-order valence-corrected chi connectivity index (χ4v) is 11.1. The third-order valence-corrected chi connectivity index (χ3v) is 15.8. The van der Waals surface area contributed by atoms with E-state index >= 15 is 0 Å². The van der Waals surface area contributed by atoms with E-state index in [9.17, 15) is 33.6 Å². The Hall–Kier alpha value is -5.23. The van der Waals surface area contributed by atoms with Crippen molar-refractivity contribution in [2.24, 2.45) is 29.4 Å². The molecule has 4 rings (SSSR count). The summed E-state index contributed by atoms with van der Waals surface area (Å²) in [6.45, 7) is 17.7. The maximum atomic E-state index is 14.7. The molecule has 3 heterocycles. The number of amides is 7. The third kappa shape index (κ3) is 21.2. The molecule has 0 aliphatic carbocycles. The number of unbranched alkanes of at least 4 members (excludes halogenated alkanes) is 1. The number of aromatic amines is 1. The third-order valence-electron chi connectivity index (χ3n) is 15.8. The van der Waals surface area contributed by atoms with Crippen LogP contribution in [0.3, 0.4) is 0 Å². The molecule has 2 aromatic rings. The molecule has 2 aliphatic heterocycles. The number of ether oxygens (including phenoxy) is 5. The zero-order chi connectivity index (χ0) is 59.6. The Labute approximate surface area is 481 Å². The summed E-state index contributed by atoms with van der Waals surface area (Å²) < 4.78 is 29.2. The summed E-state index contributed by atoms with van der Waals surface area (Å²) in [5.74, 6) is -3.16. The lowest BCUT2D eigenvalue weighted by Gasteiger charge is -2.41. The van der Waals surface area contributed by atoms with Gasteiger partial charge in [0, 0.05) is 83.8 Å². The van der Waals surface area contributed by atoms with Gasteiger partial charge >= 0.3 is 0 Å². The molecule has 0 saturated carbocycles. The van der Waals surface area contributed by atoms with Crippen molar-refractivity contribution in [2.75, 3.05) is 101 Å². The highest BCUT2D eigenvalue weighted by molar-refractivity contribution is 5.91. The topological polar surface area (TPSA) is 266 Å². The molecule has 81 heavy (non-hydrogen) atoms. The molecule has 1 aromatic heterocycles. The van der Waals surface area contributed by atoms with Gasteiger partial charge in [-0.3, -0.25) is 43.3 Å². The van der Waals surface area contributed by atoms with E-state index in [4.69, 9.17) is 34.3 Å². The number of fused-ring (bicyclic) bond motifs is 1. The standard InChI is InChI=1S/C59H99N9O13/c1-12-41(6)54(66(9)59(75)52(39(2)3)64-57(73)53(40(4)5)65(8)28-31-79-33-35-80-34-32-78-30-24-50(70)61-25-16-15-23-49(60)69)48(76-10)37-51(71)67-26-19-22-47(67)55(77-11)42(7)56(72)63-46(58(74)68-27-17-18-29-81-68)36-43-38-62-45-21-14-13-20-44(43)45/h13-14,20-21,38-42,46-48,52-55,62H,12,15-19,22-37H2,1-11H3,(H2,60,69)(H,61,70)(H,63,72)(H,64,73)/t41-,42+,46-,47-,48+,52-,53-,54-,55+/m0/s1. The number of likely N-dealkylation sites (tertiary alicyclic amines) is 1. The van der Waals surface area contributed by atoms with Gasteiger partial charge in [-0.2, -0.15) is 0 Å². The number of hydrogen-bond donors (Lipinski definition) is 5. The number of hydrogen-bond acceptors (Lipinski definition) is 14. The number of primary amides is 1. The number of nitrogens with zero attached hydrogens (tertiary/aromatic N) is 4. The molecule has 0 unspecified atom stereocenters. The second-order valence-electron chi connectivity index (χ2n) is 22.5. The monoisotopic (exact) mass is 1140 g/mol. The summed E-state index contributed by atoms with van der Waals surface area (Å²) in [4.78, 5) is 109. The van der Waals surface area contributed by atoms with Gasteiger partial charge in [0.1, 0.15) is 12.1 Å². The van der Waals surface area contributed by atoms with E-state index in [-0.39, 0.29) is 85.0 Å². The first-order valence-corrected chi connectivity index (χ1v) is 29.5. The predicted molar refractivity (Wildman–Crippen MR) is 308 cm³/mol. The van der Waals surface area contributed by atoms with Gasteiger partial charge in [-0.25, -0.2) is 5.06 Å². The fraction of sp³-hybridized carbons (Fsp3) is 0.746. The van der Waals surface area contributed by atoms with Crippen LogP contribution in [-0.2, 0) is 68.5 Å². The van der Waals surface area contributed by atoms with Crippen LogP contribution < -0.4 is 21.7 Å². The first-order valence-electron chi connectivity index (χ1n) is 29.5. The van der Waals surface area contributed by atoms with Crippen LogP contribution in [-0.4, -0.2) is 209 Å². The van der Waals surface area contributed by atoms with E-state index < -0.39 is 48.3 Å². The SMILES string of the molecule is CC[C@H](C)[C@@H]([C@@H](CC(=O)N1CCC[C@H]1[C@H](OC)[C@@H](C)C(=O)N[C@@H](Cc1c[nH]c2ccccc12)C(=O)N1CCCCO1)OC)N(C)C(=O)[C@@H](NC(=O)[C@H](C(C)C)N(C)CCOCCOCCOCCC(=O)NCCCCC(N)=O)C(C)C. The lowest BCUT2D eigenvalue weighted by atomic mass is 9.89. The van der Waals surface area contributed by atoms with Crippen LogP contribution >= 0.6 is 0 Å². The number of hydroxylamine groups is 2. The Morgan fingerprint density at radius 1 is 0.815 bits per heavy atom. The molecule has 9 atom stereocenters. The van der Waals surface area contributed by atoms with Crippen molar-refractivity contribution in [1.82, 2.24) is 40.7 Å². The average molecular weight is 1140 g/mol. The number of rotatable bonds is 38. The van der Waals surface area contributed by atoms with Gasteiger partial charge in [0.05, 0.1) is 88.9 Å². The molecule has 22 nitrogen and oxygen atoms in total. The van der Waals surface area contributed by atoms with Crippen LogP contribution in [0.4, 0.5) is 0 Å². The molecule has 0 bridgehead atoms. The van der Waals surface area contributed by atoms with Crippen molar-refractivity contribution in [3.63, 3.8) is 0 Å². The van der Waals surface area contributed by atoms with Crippen LogP contribution in [0.5, 0.6) is 0 Å². The van der Waals surface area contributed by atoms with Crippen molar-refractivity contribution >= 4 is 52.3 Å². The first kappa shape index (κ1) is 68.3. The molecule has 6 N–H and O–H groups in total. The van der Waals surface area contributed by atoms with Crippen molar-refractivity contribution in [3.8, 4) is 0 Å². The zero-order valence-electron chi connectivity index (χ0n) is 50.5. The van der Waals surface area contributed by atoms with E-state index in [1.165, 1.54) is 5.06 Å². The maximum Gasteiger partial charge on any atom is 0.269 e. The molecule has 458 valence electrons. The number of carbonyl (C=O) groups excluding carboxylic acids is 7. The van der Waals surface area contributed by atoms with Crippen LogP contribution in [0, 0.1) is 23.7 Å². The average Bonchev–Trinajstić information content (AvgIpc) is 4.21. The minimum absolute atomic E-state index is 0.0410. The van der Waals surface area contributed by atoms with Crippen LogP contribution in [0.2, 0.25) is 0 Å². The molecule has 0 radical (unpaired) electrons. The van der Waals surface area contributed by atoms with Gasteiger partial charge < -0.3 is 60.2 Å². The summed E-state index contributed by atoms with van der Waals surface area (Å²) in [6.07, 6.45) is 6.13. The van der Waals surface area contributed by atoms with E-state index in [2.05, 4.69) is 20.9 Å². The van der Waals surface area contributed by atoms with Crippen molar-refractivity contribution in [3.05, 3.63) is 36.0 Å². The number of benzene rings is 1. The summed E-state index contributed by atoms with van der Waals surface area (Å²) >= 11 is 0. The molecule has 2 aliphatic rings. The number of methoxy groups -OCH3 is 2. The second-order valence-corrected chi connectivity index (χ2v) is 22.5. The highest BCUT2D eigenvalue weighted by Crippen LogP contribution is 2.30. The summed E-state index contributed by atoms with van der Waals surface area (Å²) in [6, 6.07) is 4.47. The Balaban J connectivity index is 1.32. The Bertz CT molecular complexity index is 2260. The number of nitrogens with two attached hydrogens (primary N) is 1. The molecule has 2 saturated heterocycles. The van der Waals surface area contributed by atoms with E-state index in [1.807, 2.05) is 84.0 Å². The second kappa shape index (κ2) is 35.7. The van der Waals surface area contributed by atoms with Gasteiger partial charge in [-0.05, 0) is 75.0 Å². The smallest absolute Gasteiger partial charge is 0.269 e. The number of carbonyl (C=O) groups is 7. The number of H-pyrrole nitrogens is 1. The Morgan fingerprint density at radius 3 is 2.14 bits per heavy atom. The van der Waals surface area contributed by atoms with E-state index in [0.29, 0.717) is 104 Å². The molecule has 7 amide bonds. The van der Waals surface area contributed by atoms with Crippen LogP contribution in [0.15, 0.2) is 30.5 Å². The summed E-state index contributed by atoms with van der Waals surface area (Å²) in [5, 5.41) is 11.3. The van der Waals surface area contributed by atoms with Crippen LogP contribution in [0.25, 0.3) is 10.9 Å². The van der Waals surface area contributed by atoms with Crippen molar-refractivity contribution < 1.29 is 62.1 Å². The number of para-hydroxylation sites is 1. The lowest BCUT2D eigenvalue weighted by Crippen LogP contribution is -2.60. The fourth-order valence-electron chi connectivity index (χ4n) is 11.1. The number of likely N-dealkylation sites (N-methyl/N-ethyl adjacent to an activating group) is 2. The first-order chi connectivity index (χ1) is 38.7. The van der Waals surface area contributed by atoms with E-state index in [0.717, 1.165) is 29.3 Å². The lowest BCUT2D eigenvalue weighted by molar-refractivity contribution is -0.199. The van der Waals surface area contributed by atoms with Crippen molar-refractivity contribution in [2.45, 2.75) is 162 Å². The minimum Gasteiger partial charge on any atom is -0.379 e. The Kier molecular flexibility index (Phi) is 30.1. The number of nitrogens with one attached hydrogen (secondary N) is 4.